The SMILES string of the molecule is NCCc1c(-c2ccc(Br)cc2)[nH][nH]c1=O. The average Bonchev–Trinajstić information content (AvgIpc) is 2.63. The van der Waals surface area contributed by atoms with Crippen LogP contribution in [0.25, 0.3) is 11.3 Å². The standard InChI is InChI=1S/C11H12BrN3O/c12-8-3-1-7(2-4-8)10-9(5-6-13)11(16)15-14-10/h1-4H,5-6,13H2,(H2,14,15,16). The Balaban J connectivity index is 2.47. The molecule has 2 aromatic rings. The van der Waals surface area contributed by atoms with Crippen molar-refractivity contribution in [2.24, 2.45) is 5.73 Å². The lowest BCUT2D eigenvalue weighted by Gasteiger charge is -2.01. The number of rotatable bonds is 3. The van der Waals surface area contributed by atoms with E-state index in [0.29, 0.717) is 18.5 Å². The Morgan fingerprint density at radius 2 is 1.88 bits per heavy atom. The topological polar surface area (TPSA) is 74.7 Å². The zero-order valence-electron chi connectivity index (χ0n) is 8.59. The number of aromatic amines is 2. The van der Waals surface area contributed by atoms with Crippen LogP contribution in [0.3, 0.4) is 0 Å². The molecule has 16 heavy (non-hydrogen) atoms. The van der Waals surface area contributed by atoms with Gasteiger partial charge in [0.15, 0.2) is 0 Å². The van der Waals surface area contributed by atoms with E-state index in [2.05, 4.69) is 26.1 Å². The highest BCUT2D eigenvalue weighted by Crippen LogP contribution is 2.21. The van der Waals surface area contributed by atoms with Crippen molar-refractivity contribution >= 4 is 15.9 Å². The summed E-state index contributed by atoms with van der Waals surface area (Å²) in [5.74, 6) is 0. The summed E-state index contributed by atoms with van der Waals surface area (Å²) >= 11 is 3.37. The van der Waals surface area contributed by atoms with E-state index in [-0.39, 0.29) is 5.56 Å². The van der Waals surface area contributed by atoms with Gasteiger partial charge in [0, 0.05) is 10.0 Å². The number of hydrogen-bond donors (Lipinski definition) is 3. The summed E-state index contributed by atoms with van der Waals surface area (Å²) < 4.78 is 1.01. The van der Waals surface area contributed by atoms with Crippen LogP contribution in [0.5, 0.6) is 0 Å². The van der Waals surface area contributed by atoms with E-state index in [1.54, 1.807) is 0 Å². The van der Waals surface area contributed by atoms with E-state index in [4.69, 9.17) is 5.73 Å². The highest BCUT2D eigenvalue weighted by Gasteiger charge is 2.10. The van der Waals surface area contributed by atoms with Crippen LogP contribution in [0.2, 0.25) is 0 Å². The predicted octanol–water partition coefficient (Wildman–Crippen LogP) is 1.63. The Hall–Kier alpha value is -1.33. The van der Waals surface area contributed by atoms with E-state index < -0.39 is 0 Å². The van der Waals surface area contributed by atoms with Crippen LogP contribution in [-0.2, 0) is 6.42 Å². The molecule has 4 nitrogen and oxygen atoms in total. The van der Waals surface area contributed by atoms with Gasteiger partial charge in [-0.15, -0.1) is 0 Å². The first-order valence-electron chi connectivity index (χ1n) is 4.98. The molecule has 0 saturated heterocycles. The molecule has 0 fully saturated rings. The second kappa shape index (κ2) is 4.67. The zero-order valence-corrected chi connectivity index (χ0v) is 10.2. The van der Waals surface area contributed by atoms with Gasteiger partial charge in [-0.05, 0) is 30.7 Å². The zero-order chi connectivity index (χ0) is 11.5. The normalized spacial score (nSPS) is 10.6. The predicted molar refractivity (Wildman–Crippen MR) is 67.3 cm³/mol. The van der Waals surface area contributed by atoms with Gasteiger partial charge < -0.3 is 5.73 Å². The second-order valence-electron chi connectivity index (χ2n) is 3.48. The van der Waals surface area contributed by atoms with Crippen molar-refractivity contribution in [1.82, 2.24) is 10.2 Å². The molecule has 0 radical (unpaired) electrons. The maximum absolute atomic E-state index is 11.5. The summed E-state index contributed by atoms with van der Waals surface area (Å²) in [6.45, 7) is 0.463. The lowest BCUT2D eigenvalue weighted by molar-refractivity contribution is 0.960. The fourth-order valence-electron chi connectivity index (χ4n) is 1.63. The lowest BCUT2D eigenvalue weighted by atomic mass is 10.1. The first-order chi connectivity index (χ1) is 7.72. The number of benzene rings is 1. The Labute approximate surface area is 101 Å². The molecule has 0 spiro atoms. The molecule has 0 unspecified atom stereocenters. The molecule has 0 atom stereocenters. The third kappa shape index (κ3) is 2.10. The smallest absolute Gasteiger partial charge is 0.267 e. The van der Waals surface area contributed by atoms with Gasteiger partial charge in [-0.1, -0.05) is 28.1 Å². The molecule has 0 bridgehead atoms. The Kier molecular flexibility index (Phi) is 3.26. The molecule has 0 amide bonds. The summed E-state index contributed by atoms with van der Waals surface area (Å²) in [6, 6.07) is 7.77. The number of nitrogens with one attached hydrogen (secondary N) is 2. The fraction of sp³-hybridized carbons (Fsp3) is 0.182. The summed E-state index contributed by atoms with van der Waals surface area (Å²) in [7, 11) is 0. The van der Waals surface area contributed by atoms with Crippen LogP contribution in [0.4, 0.5) is 0 Å². The maximum atomic E-state index is 11.5. The van der Waals surface area contributed by atoms with Crippen molar-refractivity contribution in [3.63, 3.8) is 0 Å². The first kappa shape index (κ1) is 11.2. The van der Waals surface area contributed by atoms with Gasteiger partial charge in [0.1, 0.15) is 0 Å². The Morgan fingerprint density at radius 1 is 1.19 bits per heavy atom. The lowest BCUT2D eigenvalue weighted by Crippen LogP contribution is -2.12. The molecule has 1 heterocycles. The number of hydrogen-bond acceptors (Lipinski definition) is 2. The molecule has 2 rings (SSSR count). The highest BCUT2D eigenvalue weighted by atomic mass is 79.9. The third-order valence-electron chi connectivity index (χ3n) is 2.40. The molecule has 0 aliphatic heterocycles. The maximum Gasteiger partial charge on any atom is 0.267 e. The van der Waals surface area contributed by atoms with Crippen LogP contribution in [-0.4, -0.2) is 16.7 Å². The van der Waals surface area contributed by atoms with Gasteiger partial charge in [-0.3, -0.25) is 15.0 Å². The Morgan fingerprint density at radius 3 is 2.50 bits per heavy atom. The molecule has 0 aliphatic carbocycles. The molecule has 0 saturated carbocycles. The minimum absolute atomic E-state index is 0.0941. The van der Waals surface area contributed by atoms with Gasteiger partial charge in [-0.2, -0.15) is 0 Å². The monoisotopic (exact) mass is 281 g/mol. The van der Waals surface area contributed by atoms with Gasteiger partial charge >= 0.3 is 0 Å². The molecule has 84 valence electrons. The van der Waals surface area contributed by atoms with Crippen molar-refractivity contribution in [3.05, 3.63) is 44.7 Å². The van der Waals surface area contributed by atoms with Crippen LogP contribution in [0.15, 0.2) is 33.5 Å². The van der Waals surface area contributed by atoms with E-state index >= 15 is 0 Å². The molecule has 1 aromatic heterocycles. The Bertz CT molecular complexity index is 527. The van der Waals surface area contributed by atoms with Crippen LogP contribution >= 0.6 is 15.9 Å². The number of aromatic nitrogens is 2. The molecule has 1 aromatic carbocycles. The average molecular weight is 282 g/mol. The summed E-state index contributed by atoms with van der Waals surface area (Å²) in [4.78, 5) is 11.5. The van der Waals surface area contributed by atoms with Crippen molar-refractivity contribution in [2.75, 3.05) is 6.54 Å². The number of nitrogens with two attached hydrogens (primary N) is 1. The molecule has 5 heteroatoms. The number of halogens is 1. The van der Waals surface area contributed by atoms with Crippen molar-refractivity contribution < 1.29 is 0 Å². The highest BCUT2D eigenvalue weighted by molar-refractivity contribution is 9.10. The number of H-pyrrole nitrogens is 2. The third-order valence-corrected chi connectivity index (χ3v) is 2.93. The fourth-order valence-corrected chi connectivity index (χ4v) is 1.89. The minimum atomic E-state index is -0.0941. The van der Waals surface area contributed by atoms with Crippen LogP contribution in [0, 0.1) is 0 Å². The van der Waals surface area contributed by atoms with E-state index in [1.165, 1.54) is 0 Å². The first-order valence-corrected chi connectivity index (χ1v) is 5.77. The van der Waals surface area contributed by atoms with Crippen LogP contribution in [0.1, 0.15) is 5.56 Å². The van der Waals surface area contributed by atoms with Crippen molar-refractivity contribution in [1.29, 1.82) is 0 Å². The minimum Gasteiger partial charge on any atom is -0.330 e. The molecular weight excluding hydrogens is 270 g/mol. The summed E-state index contributed by atoms with van der Waals surface area (Å²) in [5.41, 5.74) is 7.90. The van der Waals surface area contributed by atoms with Crippen molar-refractivity contribution in [3.8, 4) is 11.3 Å². The molecule has 0 aliphatic rings. The van der Waals surface area contributed by atoms with Gasteiger partial charge in [0.2, 0.25) is 0 Å². The van der Waals surface area contributed by atoms with Gasteiger partial charge in [0.05, 0.1) is 5.69 Å². The summed E-state index contributed by atoms with van der Waals surface area (Å²) in [6.07, 6.45) is 0.574. The molecular formula is C11H12BrN3O. The molecule has 4 N–H and O–H groups in total. The van der Waals surface area contributed by atoms with E-state index in [1.807, 2.05) is 24.3 Å². The van der Waals surface area contributed by atoms with Gasteiger partial charge in [0.25, 0.3) is 5.56 Å². The summed E-state index contributed by atoms with van der Waals surface area (Å²) in [5, 5.41) is 5.47. The second-order valence-corrected chi connectivity index (χ2v) is 4.39. The van der Waals surface area contributed by atoms with E-state index in [9.17, 15) is 4.79 Å². The van der Waals surface area contributed by atoms with E-state index in [0.717, 1.165) is 15.7 Å². The van der Waals surface area contributed by atoms with Crippen molar-refractivity contribution in [2.45, 2.75) is 6.42 Å². The van der Waals surface area contributed by atoms with Gasteiger partial charge in [-0.25, -0.2) is 0 Å². The quantitative estimate of drug-likeness (QED) is 0.800. The largest absolute Gasteiger partial charge is 0.330 e. The van der Waals surface area contributed by atoms with Crippen LogP contribution < -0.4 is 11.3 Å².